The molecule has 0 saturated heterocycles. The van der Waals surface area contributed by atoms with E-state index in [1.54, 1.807) is 11.8 Å². The van der Waals surface area contributed by atoms with Gasteiger partial charge in [0, 0.05) is 13.1 Å². The molecule has 5 heteroatoms. The van der Waals surface area contributed by atoms with Crippen LogP contribution in [-0.4, -0.2) is 42.5 Å². The molecule has 0 aromatic heterocycles. The molecule has 0 spiro atoms. The monoisotopic (exact) mass is 382 g/mol. The quantitative estimate of drug-likeness (QED) is 0.724. The number of ether oxygens (including phenoxy) is 1. The summed E-state index contributed by atoms with van der Waals surface area (Å²) in [5.41, 5.74) is 3.29. The van der Waals surface area contributed by atoms with Gasteiger partial charge in [0.05, 0.1) is 0 Å². The molecule has 0 aliphatic carbocycles. The first-order chi connectivity index (χ1) is 13.4. The van der Waals surface area contributed by atoms with Crippen molar-refractivity contribution in [2.75, 3.05) is 19.7 Å². The van der Waals surface area contributed by atoms with Crippen molar-refractivity contribution in [2.24, 2.45) is 0 Å². The van der Waals surface area contributed by atoms with Gasteiger partial charge in [-0.1, -0.05) is 36.4 Å². The van der Waals surface area contributed by atoms with Gasteiger partial charge in [-0.15, -0.1) is 0 Å². The Morgan fingerprint density at radius 2 is 1.71 bits per heavy atom. The molecule has 2 amide bonds. The van der Waals surface area contributed by atoms with E-state index in [2.05, 4.69) is 11.4 Å². The van der Waals surface area contributed by atoms with E-state index in [9.17, 15) is 9.59 Å². The number of aryl methyl sites for hydroxylation is 2. The summed E-state index contributed by atoms with van der Waals surface area (Å²) in [6.45, 7) is 8.49. The van der Waals surface area contributed by atoms with E-state index in [-0.39, 0.29) is 18.4 Å². The van der Waals surface area contributed by atoms with E-state index < -0.39 is 6.04 Å². The number of amides is 2. The van der Waals surface area contributed by atoms with Gasteiger partial charge in [-0.05, 0) is 62.9 Å². The summed E-state index contributed by atoms with van der Waals surface area (Å²) in [6.07, 6.45) is 0.680. The van der Waals surface area contributed by atoms with Crippen molar-refractivity contribution in [3.63, 3.8) is 0 Å². The van der Waals surface area contributed by atoms with Gasteiger partial charge in [0.2, 0.25) is 5.91 Å². The summed E-state index contributed by atoms with van der Waals surface area (Å²) < 4.78 is 5.73. The molecule has 0 aliphatic heterocycles. The van der Waals surface area contributed by atoms with E-state index in [0.717, 1.165) is 16.7 Å². The topological polar surface area (TPSA) is 58.6 Å². The summed E-state index contributed by atoms with van der Waals surface area (Å²) >= 11 is 0. The van der Waals surface area contributed by atoms with Gasteiger partial charge >= 0.3 is 0 Å². The van der Waals surface area contributed by atoms with Crippen molar-refractivity contribution in [3.8, 4) is 5.75 Å². The molecule has 5 nitrogen and oxygen atoms in total. The molecule has 1 atom stereocenters. The zero-order valence-corrected chi connectivity index (χ0v) is 17.2. The number of rotatable bonds is 9. The van der Waals surface area contributed by atoms with Crippen LogP contribution < -0.4 is 10.1 Å². The lowest BCUT2D eigenvalue weighted by Gasteiger charge is -2.28. The van der Waals surface area contributed by atoms with Crippen molar-refractivity contribution in [1.29, 1.82) is 0 Å². The third-order valence-electron chi connectivity index (χ3n) is 4.56. The van der Waals surface area contributed by atoms with Crippen LogP contribution in [0.15, 0.2) is 48.5 Å². The van der Waals surface area contributed by atoms with Crippen molar-refractivity contribution in [3.05, 3.63) is 65.2 Å². The third-order valence-corrected chi connectivity index (χ3v) is 4.56. The maximum absolute atomic E-state index is 12.9. The molecule has 2 aromatic carbocycles. The molecule has 0 radical (unpaired) electrons. The van der Waals surface area contributed by atoms with Crippen LogP contribution in [0.3, 0.4) is 0 Å². The number of hydrogen-bond acceptors (Lipinski definition) is 3. The molecule has 0 fully saturated rings. The van der Waals surface area contributed by atoms with Gasteiger partial charge in [0.25, 0.3) is 5.91 Å². The smallest absolute Gasteiger partial charge is 0.261 e. The first-order valence-electron chi connectivity index (χ1n) is 9.73. The van der Waals surface area contributed by atoms with Crippen LogP contribution in [0.2, 0.25) is 0 Å². The second kappa shape index (κ2) is 10.5. The Morgan fingerprint density at radius 3 is 2.32 bits per heavy atom. The van der Waals surface area contributed by atoms with Crippen LogP contribution in [-0.2, 0) is 16.0 Å². The lowest BCUT2D eigenvalue weighted by atomic mass is 10.1. The number of nitrogens with one attached hydrogen (secondary N) is 1. The minimum atomic E-state index is -0.556. The van der Waals surface area contributed by atoms with Crippen LogP contribution in [0, 0.1) is 13.8 Å². The molecule has 150 valence electrons. The van der Waals surface area contributed by atoms with Crippen LogP contribution >= 0.6 is 0 Å². The Balaban J connectivity index is 2.07. The molecule has 0 heterocycles. The molecular formula is C23H30N2O3. The predicted octanol–water partition coefficient (Wildman–Crippen LogP) is 3.28. The zero-order valence-electron chi connectivity index (χ0n) is 17.2. The van der Waals surface area contributed by atoms with Gasteiger partial charge < -0.3 is 15.0 Å². The molecule has 0 saturated carbocycles. The minimum Gasteiger partial charge on any atom is -0.484 e. The van der Waals surface area contributed by atoms with E-state index in [0.29, 0.717) is 25.3 Å². The molecule has 0 aliphatic rings. The average molecular weight is 383 g/mol. The zero-order chi connectivity index (χ0) is 20.5. The maximum Gasteiger partial charge on any atom is 0.261 e. The summed E-state index contributed by atoms with van der Waals surface area (Å²) in [5.74, 6) is 0.309. The van der Waals surface area contributed by atoms with Gasteiger partial charge in [-0.2, -0.15) is 0 Å². The molecule has 2 aromatic rings. The lowest BCUT2D eigenvalue weighted by Crippen LogP contribution is -2.50. The first-order valence-corrected chi connectivity index (χ1v) is 9.73. The highest BCUT2D eigenvalue weighted by atomic mass is 16.5. The van der Waals surface area contributed by atoms with E-state index in [4.69, 9.17) is 4.74 Å². The summed E-state index contributed by atoms with van der Waals surface area (Å²) in [4.78, 5) is 26.8. The fourth-order valence-corrected chi connectivity index (χ4v) is 3.14. The molecule has 1 N–H and O–H groups in total. The number of benzene rings is 2. The first kappa shape index (κ1) is 21.5. The minimum absolute atomic E-state index is 0.0958. The number of likely N-dealkylation sites (N-methyl/N-ethyl adjacent to an activating group) is 1. The number of carbonyl (C=O) groups excluding carboxylic acids is 2. The van der Waals surface area contributed by atoms with Gasteiger partial charge in [0.1, 0.15) is 11.8 Å². The van der Waals surface area contributed by atoms with Crippen molar-refractivity contribution < 1.29 is 14.3 Å². The Morgan fingerprint density at radius 1 is 1.07 bits per heavy atom. The molecule has 0 bridgehead atoms. The highest BCUT2D eigenvalue weighted by Gasteiger charge is 2.25. The SMILES string of the molecule is CCNC(=O)[C@H](C)N(CCc1ccccc1)C(=O)COc1cc(C)cc(C)c1. The normalized spacial score (nSPS) is 11.6. The summed E-state index contributed by atoms with van der Waals surface area (Å²) in [7, 11) is 0. The second-order valence-electron chi connectivity index (χ2n) is 7.01. The fraction of sp³-hybridized carbons (Fsp3) is 0.391. The van der Waals surface area contributed by atoms with Gasteiger partial charge in [-0.25, -0.2) is 0 Å². The highest BCUT2D eigenvalue weighted by molar-refractivity contribution is 5.87. The Hall–Kier alpha value is -2.82. The fourth-order valence-electron chi connectivity index (χ4n) is 3.14. The van der Waals surface area contributed by atoms with E-state index >= 15 is 0 Å². The number of hydrogen-bond donors (Lipinski definition) is 1. The average Bonchev–Trinajstić information content (AvgIpc) is 2.66. The maximum atomic E-state index is 12.9. The summed E-state index contributed by atoms with van der Waals surface area (Å²) in [5, 5.41) is 2.79. The molecule has 28 heavy (non-hydrogen) atoms. The Kier molecular flexibility index (Phi) is 8.05. The predicted molar refractivity (Wildman–Crippen MR) is 111 cm³/mol. The van der Waals surface area contributed by atoms with Crippen molar-refractivity contribution >= 4 is 11.8 Å². The van der Waals surface area contributed by atoms with Gasteiger partial charge in [-0.3, -0.25) is 9.59 Å². The van der Waals surface area contributed by atoms with E-state index in [1.807, 2.05) is 63.2 Å². The van der Waals surface area contributed by atoms with E-state index in [1.165, 1.54) is 0 Å². The third kappa shape index (κ3) is 6.41. The molecular weight excluding hydrogens is 352 g/mol. The standard InChI is InChI=1S/C23H30N2O3/c1-5-24-23(27)19(4)25(12-11-20-9-7-6-8-10-20)22(26)16-28-21-14-17(2)13-18(3)15-21/h6-10,13-15,19H,5,11-12,16H2,1-4H3,(H,24,27)/t19-/m0/s1. The van der Waals surface area contributed by atoms with Crippen molar-refractivity contribution in [1.82, 2.24) is 10.2 Å². The van der Waals surface area contributed by atoms with Crippen molar-refractivity contribution in [2.45, 2.75) is 40.2 Å². The second-order valence-corrected chi connectivity index (χ2v) is 7.01. The molecule has 0 unspecified atom stereocenters. The largest absolute Gasteiger partial charge is 0.484 e. The van der Waals surface area contributed by atoms with Crippen LogP contribution in [0.25, 0.3) is 0 Å². The summed E-state index contributed by atoms with van der Waals surface area (Å²) in [6, 6.07) is 15.2. The van der Waals surface area contributed by atoms with Crippen LogP contribution in [0.1, 0.15) is 30.5 Å². The van der Waals surface area contributed by atoms with Crippen LogP contribution in [0.4, 0.5) is 0 Å². The Labute approximate surface area is 167 Å². The Bertz CT molecular complexity index is 769. The molecule has 2 rings (SSSR count). The number of carbonyl (C=O) groups is 2. The number of nitrogens with zero attached hydrogens (tertiary/aromatic N) is 1. The van der Waals surface area contributed by atoms with Crippen LogP contribution in [0.5, 0.6) is 5.75 Å². The van der Waals surface area contributed by atoms with Gasteiger partial charge in [0.15, 0.2) is 6.61 Å². The lowest BCUT2D eigenvalue weighted by molar-refractivity contribution is -0.141. The highest BCUT2D eigenvalue weighted by Crippen LogP contribution is 2.16.